The third-order valence-corrected chi connectivity index (χ3v) is 6.34. The van der Waals surface area contributed by atoms with Crippen LogP contribution < -0.4 is 10.9 Å². The first-order valence-corrected chi connectivity index (χ1v) is 10.3. The summed E-state index contributed by atoms with van der Waals surface area (Å²) in [7, 11) is 0. The fourth-order valence-corrected chi connectivity index (χ4v) is 4.73. The van der Waals surface area contributed by atoms with Crippen molar-refractivity contribution in [2.45, 2.75) is 44.7 Å². The number of aryl methyl sites for hydroxylation is 2. The molecule has 2 aromatic carbocycles. The van der Waals surface area contributed by atoms with Gasteiger partial charge in [0.25, 0.3) is 5.91 Å². The zero-order chi connectivity index (χ0) is 20.9. The molecule has 3 aromatic rings. The Morgan fingerprint density at radius 1 is 1.03 bits per heavy atom. The van der Waals surface area contributed by atoms with Crippen LogP contribution in [0.15, 0.2) is 57.7 Å². The van der Waals surface area contributed by atoms with Crippen molar-refractivity contribution in [3.8, 4) is 0 Å². The van der Waals surface area contributed by atoms with Crippen LogP contribution in [-0.4, -0.2) is 16.8 Å². The molecule has 1 atom stereocenters. The second-order valence-electron chi connectivity index (χ2n) is 8.01. The molecule has 2 heterocycles. The largest absolute Gasteiger partial charge is 0.423 e. The summed E-state index contributed by atoms with van der Waals surface area (Å²) in [6.07, 6.45) is 3.47. The van der Waals surface area contributed by atoms with Gasteiger partial charge in [-0.2, -0.15) is 0 Å². The smallest absolute Gasteiger partial charge is 0.336 e. The molecular formula is C24H22N2O4. The monoisotopic (exact) mass is 402 g/mol. The molecule has 1 aliphatic carbocycles. The van der Waals surface area contributed by atoms with Gasteiger partial charge in [0.05, 0.1) is 6.54 Å². The summed E-state index contributed by atoms with van der Waals surface area (Å²) in [4.78, 5) is 39.6. The highest BCUT2D eigenvalue weighted by atomic mass is 16.4. The standard InChI is InChI=1S/C24H22N2O4/c1-2-24(18-9-4-3-5-10-18)22(28)26(23(29)25-24)14-17-13-21(27)30-20-12-16-8-6-7-15(16)11-19(17)20/h3-5,9-13H,2,6-8,14H2,1H3,(H,25,29). The second kappa shape index (κ2) is 6.83. The number of carbonyl (C=O) groups is 2. The number of hydrogen-bond donors (Lipinski definition) is 1. The molecule has 1 aromatic heterocycles. The van der Waals surface area contributed by atoms with E-state index in [1.54, 1.807) is 0 Å². The molecule has 30 heavy (non-hydrogen) atoms. The number of amides is 3. The number of urea groups is 1. The van der Waals surface area contributed by atoms with E-state index in [2.05, 4.69) is 5.32 Å². The van der Waals surface area contributed by atoms with Gasteiger partial charge in [-0.1, -0.05) is 37.3 Å². The fourth-order valence-electron chi connectivity index (χ4n) is 4.73. The highest BCUT2D eigenvalue weighted by Gasteiger charge is 2.51. The van der Waals surface area contributed by atoms with E-state index in [0.717, 1.165) is 30.2 Å². The number of imide groups is 1. The lowest BCUT2D eigenvalue weighted by Gasteiger charge is -2.25. The molecule has 6 nitrogen and oxygen atoms in total. The number of nitrogens with zero attached hydrogens (tertiary/aromatic N) is 1. The van der Waals surface area contributed by atoms with Crippen LogP contribution >= 0.6 is 0 Å². The molecule has 0 bridgehead atoms. The van der Waals surface area contributed by atoms with Gasteiger partial charge in [0.15, 0.2) is 0 Å². The summed E-state index contributed by atoms with van der Waals surface area (Å²) in [6, 6.07) is 14.2. The summed E-state index contributed by atoms with van der Waals surface area (Å²) < 4.78 is 5.42. The van der Waals surface area contributed by atoms with Crippen LogP contribution in [-0.2, 0) is 29.7 Å². The first-order valence-electron chi connectivity index (χ1n) is 10.3. The van der Waals surface area contributed by atoms with Crippen LogP contribution in [0.2, 0.25) is 0 Å². The number of rotatable bonds is 4. The first kappa shape index (κ1) is 18.6. The third-order valence-electron chi connectivity index (χ3n) is 6.34. The second-order valence-corrected chi connectivity index (χ2v) is 8.01. The van der Waals surface area contributed by atoms with E-state index >= 15 is 0 Å². The van der Waals surface area contributed by atoms with Crippen molar-refractivity contribution < 1.29 is 14.0 Å². The van der Waals surface area contributed by atoms with Gasteiger partial charge >= 0.3 is 11.7 Å². The van der Waals surface area contributed by atoms with Gasteiger partial charge in [-0.25, -0.2) is 9.59 Å². The van der Waals surface area contributed by atoms with Gasteiger partial charge in [-0.15, -0.1) is 0 Å². The molecule has 0 spiro atoms. The molecular weight excluding hydrogens is 380 g/mol. The van der Waals surface area contributed by atoms with Crippen molar-refractivity contribution in [2.24, 2.45) is 0 Å². The van der Waals surface area contributed by atoms with E-state index < -0.39 is 17.2 Å². The third kappa shape index (κ3) is 2.75. The lowest BCUT2D eigenvalue weighted by Crippen LogP contribution is -2.43. The average molecular weight is 402 g/mol. The number of nitrogens with one attached hydrogen (secondary N) is 1. The van der Waals surface area contributed by atoms with Crippen molar-refractivity contribution in [1.82, 2.24) is 10.2 Å². The van der Waals surface area contributed by atoms with E-state index in [9.17, 15) is 14.4 Å². The van der Waals surface area contributed by atoms with Crippen LogP contribution in [0.5, 0.6) is 0 Å². The quantitative estimate of drug-likeness (QED) is 0.534. The highest BCUT2D eigenvalue weighted by Crippen LogP contribution is 2.34. The Balaban J connectivity index is 1.56. The minimum absolute atomic E-state index is 0.0279. The van der Waals surface area contributed by atoms with Crippen LogP contribution in [0, 0.1) is 0 Å². The zero-order valence-corrected chi connectivity index (χ0v) is 16.7. The Bertz CT molecular complexity index is 1230. The molecule has 0 radical (unpaired) electrons. The van der Waals surface area contributed by atoms with Crippen molar-refractivity contribution in [3.05, 3.63) is 81.2 Å². The van der Waals surface area contributed by atoms with Gasteiger partial charge < -0.3 is 9.73 Å². The number of benzene rings is 2. The molecule has 0 saturated carbocycles. The molecule has 1 N–H and O–H groups in total. The molecule has 3 amide bonds. The average Bonchev–Trinajstić information content (AvgIpc) is 3.30. The lowest BCUT2D eigenvalue weighted by molar-refractivity contribution is -0.132. The van der Waals surface area contributed by atoms with E-state index in [1.165, 1.54) is 22.1 Å². The molecule has 6 heteroatoms. The number of carbonyl (C=O) groups excluding carboxylic acids is 2. The van der Waals surface area contributed by atoms with Crippen molar-refractivity contribution >= 4 is 22.9 Å². The van der Waals surface area contributed by atoms with Crippen LogP contribution in [0.3, 0.4) is 0 Å². The molecule has 1 aliphatic heterocycles. The van der Waals surface area contributed by atoms with Crippen LogP contribution in [0.1, 0.15) is 42.0 Å². The molecule has 1 unspecified atom stereocenters. The van der Waals surface area contributed by atoms with Gasteiger partial charge in [-0.05, 0) is 60.1 Å². The Morgan fingerprint density at radius 2 is 1.77 bits per heavy atom. The predicted molar refractivity (Wildman–Crippen MR) is 112 cm³/mol. The number of hydrogen-bond acceptors (Lipinski definition) is 4. The van der Waals surface area contributed by atoms with Gasteiger partial charge in [0.2, 0.25) is 0 Å². The minimum atomic E-state index is -1.09. The number of fused-ring (bicyclic) bond motifs is 2. The molecule has 5 rings (SSSR count). The van der Waals surface area contributed by atoms with Gasteiger partial charge in [0, 0.05) is 11.5 Å². The normalized spacial score (nSPS) is 20.6. The van der Waals surface area contributed by atoms with Crippen molar-refractivity contribution in [1.29, 1.82) is 0 Å². The summed E-state index contributed by atoms with van der Waals surface area (Å²) in [5.41, 5.74) is 2.76. The maximum atomic E-state index is 13.4. The molecule has 152 valence electrons. The Morgan fingerprint density at radius 3 is 2.50 bits per heavy atom. The van der Waals surface area contributed by atoms with Gasteiger partial charge in [0.1, 0.15) is 11.1 Å². The summed E-state index contributed by atoms with van der Waals surface area (Å²) in [5.74, 6) is -0.302. The minimum Gasteiger partial charge on any atom is -0.423 e. The molecule has 1 fully saturated rings. The lowest BCUT2D eigenvalue weighted by atomic mass is 9.87. The molecule has 2 aliphatic rings. The van der Waals surface area contributed by atoms with E-state index in [0.29, 0.717) is 17.6 Å². The Hall–Kier alpha value is -3.41. The van der Waals surface area contributed by atoms with Crippen LogP contribution in [0.25, 0.3) is 11.0 Å². The summed E-state index contributed by atoms with van der Waals surface area (Å²) in [6.45, 7) is 1.91. The maximum absolute atomic E-state index is 13.4. The Kier molecular flexibility index (Phi) is 4.24. The zero-order valence-electron chi connectivity index (χ0n) is 16.7. The van der Waals surface area contributed by atoms with Crippen LogP contribution in [0.4, 0.5) is 4.79 Å². The Labute approximate surface area is 173 Å². The summed E-state index contributed by atoms with van der Waals surface area (Å²) in [5, 5.41) is 3.68. The summed E-state index contributed by atoms with van der Waals surface area (Å²) >= 11 is 0. The van der Waals surface area contributed by atoms with E-state index in [1.807, 2.05) is 49.4 Å². The molecule has 1 saturated heterocycles. The maximum Gasteiger partial charge on any atom is 0.336 e. The SMILES string of the molecule is CCC1(c2ccccc2)NC(=O)N(Cc2cc(=O)oc3cc4c(cc23)CCC4)C1=O. The predicted octanol–water partition coefficient (Wildman–Crippen LogP) is 3.64. The first-order chi connectivity index (χ1) is 14.5. The van der Waals surface area contributed by atoms with Gasteiger partial charge in [-0.3, -0.25) is 9.69 Å². The topological polar surface area (TPSA) is 79.6 Å². The van der Waals surface area contributed by atoms with E-state index in [4.69, 9.17) is 4.42 Å². The van der Waals surface area contributed by atoms with Crippen molar-refractivity contribution in [3.63, 3.8) is 0 Å². The fraction of sp³-hybridized carbons (Fsp3) is 0.292. The van der Waals surface area contributed by atoms with E-state index in [-0.39, 0.29) is 12.5 Å². The van der Waals surface area contributed by atoms with Crippen molar-refractivity contribution in [2.75, 3.05) is 0 Å². The highest BCUT2D eigenvalue weighted by molar-refractivity contribution is 6.07.